The molecule has 0 radical (unpaired) electrons. The normalized spacial score (nSPS) is 15.1. The Balaban J connectivity index is 1.54. The summed E-state index contributed by atoms with van der Waals surface area (Å²) in [6.07, 6.45) is 4.25. The van der Waals surface area contributed by atoms with Gasteiger partial charge in [0.2, 0.25) is 5.91 Å². The van der Waals surface area contributed by atoms with Crippen molar-refractivity contribution >= 4 is 11.6 Å². The van der Waals surface area contributed by atoms with Crippen LogP contribution in [0.5, 0.6) is 5.75 Å². The van der Waals surface area contributed by atoms with Crippen LogP contribution in [-0.4, -0.2) is 47.0 Å². The van der Waals surface area contributed by atoms with Crippen molar-refractivity contribution < 1.29 is 13.9 Å². The highest BCUT2D eigenvalue weighted by Crippen LogP contribution is 2.32. The number of piperazine rings is 1. The number of amides is 1. The first-order valence-corrected chi connectivity index (χ1v) is 12.0. The summed E-state index contributed by atoms with van der Waals surface area (Å²) in [5.74, 6) is 0.941. The molecule has 4 rings (SSSR count). The number of carbonyl (C=O) groups excluding carboxylic acids is 1. The van der Waals surface area contributed by atoms with Gasteiger partial charge in [0.15, 0.2) is 0 Å². The van der Waals surface area contributed by atoms with E-state index < -0.39 is 5.82 Å². The van der Waals surface area contributed by atoms with Crippen LogP contribution in [0.1, 0.15) is 48.5 Å². The quantitative estimate of drug-likeness (QED) is 0.459. The lowest BCUT2D eigenvalue weighted by Crippen LogP contribution is -2.52. The largest absolute Gasteiger partial charge is 0.491 e. The number of unbranched alkanes of at least 4 members (excludes halogenated alkanes) is 1. The van der Waals surface area contributed by atoms with Crippen LogP contribution in [0.3, 0.4) is 0 Å². The summed E-state index contributed by atoms with van der Waals surface area (Å²) in [4.78, 5) is 24.8. The number of aromatic nitrogens is 2. The third-order valence-electron chi connectivity index (χ3n) is 6.27. The molecule has 1 saturated heterocycles. The second kappa shape index (κ2) is 11.2. The highest BCUT2D eigenvalue weighted by Gasteiger charge is 2.32. The Morgan fingerprint density at radius 3 is 2.77 bits per heavy atom. The minimum Gasteiger partial charge on any atom is -0.491 e. The number of benzene rings is 2. The predicted octanol–water partition coefficient (Wildman–Crippen LogP) is 4.54. The van der Waals surface area contributed by atoms with Gasteiger partial charge in [-0.3, -0.25) is 9.69 Å². The van der Waals surface area contributed by atoms with Crippen molar-refractivity contribution in [1.82, 2.24) is 14.9 Å². The van der Waals surface area contributed by atoms with Crippen molar-refractivity contribution in [3.8, 4) is 11.8 Å². The zero-order valence-corrected chi connectivity index (χ0v) is 20.1. The summed E-state index contributed by atoms with van der Waals surface area (Å²) in [7, 11) is 0. The maximum Gasteiger partial charge on any atom is 0.241 e. The first-order valence-electron chi connectivity index (χ1n) is 12.0. The van der Waals surface area contributed by atoms with Gasteiger partial charge < -0.3 is 14.6 Å². The fraction of sp³-hybridized carbons (Fsp3) is 0.370. The van der Waals surface area contributed by atoms with Crippen LogP contribution in [0.15, 0.2) is 48.7 Å². The second-order valence-corrected chi connectivity index (χ2v) is 8.76. The number of para-hydroxylation sites is 2. The van der Waals surface area contributed by atoms with E-state index in [2.05, 4.69) is 21.8 Å². The Labute approximate surface area is 205 Å². The molecule has 7 nitrogen and oxygen atoms in total. The van der Waals surface area contributed by atoms with E-state index in [0.29, 0.717) is 26.1 Å². The summed E-state index contributed by atoms with van der Waals surface area (Å²) in [6.45, 7) is 5.96. The van der Waals surface area contributed by atoms with E-state index in [1.54, 1.807) is 17.2 Å². The predicted molar refractivity (Wildman–Crippen MR) is 132 cm³/mol. The standard InChI is InChI=1S/C27H30FN5O2/c1-3-4-13-35-26-8-6-5-7-24(26)33-12-11-32(18-27(33)34)25(23-17-30-19(2)31-23)15-20-9-10-21(16-29)22(28)14-20/h5-10,14,17,25H,3-4,11-13,15,18H2,1-2H3,(H,30,31). The summed E-state index contributed by atoms with van der Waals surface area (Å²) in [5, 5.41) is 9.04. The molecule has 2 heterocycles. The third kappa shape index (κ3) is 5.69. The molecule has 1 fully saturated rings. The number of hydrogen-bond donors (Lipinski definition) is 1. The van der Waals surface area contributed by atoms with Gasteiger partial charge in [0.05, 0.1) is 36.1 Å². The summed E-state index contributed by atoms with van der Waals surface area (Å²) < 4.78 is 20.2. The van der Waals surface area contributed by atoms with Gasteiger partial charge in [-0.15, -0.1) is 0 Å². The number of hydrogen-bond acceptors (Lipinski definition) is 5. The van der Waals surface area contributed by atoms with Crippen molar-refractivity contribution in [3.63, 3.8) is 0 Å². The fourth-order valence-electron chi connectivity index (χ4n) is 4.39. The number of aryl methyl sites for hydroxylation is 1. The van der Waals surface area contributed by atoms with Crippen molar-refractivity contribution in [2.75, 3.05) is 31.1 Å². The van der Waals surface area contributed by atoms with Crippen LogP contribution < -0.4 is 9.64 Å². The molecule has 0 aliphatic carbocycles. The second-order valence-electron chi connectivity index (χ2n) is 8.76. The third-order valence-corrected chi connectivity index (χ3v) is 6.27. The van der Waals surface area contributed by atoms with Gasteiger partial charge in [-0.2, -0.15) is 5.26 Å². The average Bonchev–Trinajstić information content (AvgIpc) is 3.29. The van der Waals surface area contributed by atoms with E-state index >= 15 is 0 Å². The van der Waals surface area contributed by atoms with Gasteiger partial charge in [0, 0.05) is 19.3 Å². The lowest BCUT2D eigenvalue weighted by atomic mass is 10.00. The van der Waals surface area contributed by atoms with E-state index in [-0.39, 0.29) is 24.1 Å². The highest BCUT2D eigenvalue weighted by atomic mass is 19.1. The van der Waals surface area contributed by atoms with Crippen LogP contribution in [-0.2, 0) is 11.2 Å². The molecule has 182 valence electrons. The Morgan fingerprint density at radius 1 is 1.26 bits per heavy atom. The van der Waals surface area contributed by atoms with Gasteiger partial charge in [0.1, 0.15) is 23.5 Å². The molecule has 1 aliphatic rings. The molecule has 1 N–H and O–H groups in total. The van der Waals surface area contributed by atoms with Crippen molar-refractivity contribution in [2.45, 2.75) is 39.2 Å². The van der Waals surface area contributed by atoms with Crippen LogP contribution in [0.25, 0.3) is 0 Å². The fourth-order valence-corrected chi connectivity index (χ4v) is 4.39. The van der Waals surface area contributed by atoms with E-state index in [1.165, 1.54) is 12.1 Å². The molecule has 35 heavy (non-hydrogen) atoms. The number of rotatable bonds is 9. The van der Waals surface area contributed by atoms with E-state index in [1.807, 2.05) is 37.3 Å². The van der Waals surface area contributed by atoms with E-state index in [0.717, 1.165) is 41.4 Å². The molecule has 0 spiro atoms. The molecule has 8 heteroatoms. The van der Waals surface area contributed by atoms with Gasteiger partial charge >= 0.3 is 0 Å². The molecule has 1 atom stereocenters. The Morgan fingerprint density at radius 2 is 2.09 bits per heavy atom. The molecule has 2 aromatic carbocycles. The smallest absolute Gasteiger partial charge is 0.241 e. The van der Waals surface area contributed by atoms with Gasteiger partial charge in [-0.05, 0) is 49.6 Å². The maximum absolute atomic E-state index is 14.3. The molecule has 1 unspecified atom stereocenters. The SMILES string of the molecule is CCCCOc1ccccc1N1CCN(C(Cc2ccc(C#N)c(F)c2)c2cnc(C)[nH]2)CC1=O. The number of nitriles is 1. The minimum atomic E-state index is -0.537. The number of ether oxygens (including phenoxy) is 1. The number of H-pyrrole nitrogens is 1. The summed E-state index contributed by atoms with van der Waals surface area (Å²) in [6, 6.07) is 14.0. The zero-order chi connectivity index (χ0) is 24.8. The number of imidazole rings is 1. The number of aromatic amines is 1. The van der Waals surface area contributed by atoms with Crippen LogP contribution in [0.2, 0.25) is 0 Å². The van der Waals surface area contributed by atoms with Crippen LogP contribution >= 0.6 is 0 Å². The molecule has 0 saturated carbocycles. The van der Waals surface area contributed by atoms with Gasteiger partial charge in [0.25, 0.3) is 0 Å². The Bertz CT molecular complexity index is 1220. The monoisotopic (exact) mass is 475 g/mol. The molecule has 0 bridgehead atoms. The number of nitrogens with one attached hydrogen (secondary N) is 1. The zero-order valence-electron chi connectivity index (χ0n) is 20.1. The lowest BCUT2D eigenvalue weighted by Gasteiger charge is -2.39. The number of nitrogens with zero attached hydrogens (tertiary/aromatic N) is 4. The number of halogens is 1. The number of anilines is 1. The molecule has 1 amide bonds. The molecular weight excluding hydrogens is 445 g/mol. The molecule has 3 aromatic rings. The van der Waals surface area contributed by atoms with E-state index in [4.69, 9.17) is 10.00 Å². The molecule has 1 aromatic heterocycles. The first-order chi connectivity index (χ1) is 17.0. The van der Waals surface area contributed by atoms with Gasteiger partial charge in [-0.25, -0.2) is 9.37 Å². The summed E-state index contributed by atoms with van der Waals surface area (Å²) in [5.41, 5.74) is 2.43. The molecular formula is C27H30FN5O2. The Hall–Kier alpha value is -3.70. The topological polar surface area (TPSA) is 85.2 Å². The van der Waals surface area contributed by atoms with Crippen molar-refractivity contribution in [1.29, 1.82) is 5.26 Å². The molecule has 1 aliphatic heterocycles. The number of carbonyl (C=O) groups is 1. The average molecular weight is 476 g/mol. The Kier molecular flexibility index (Phi) is 7.78. The minimum absolute atomic E-state index is 0.0185. The van der Waals surface area contributed by atoms with E-state index in [9.17, 15) is 9.18 Å². The highest BCUT2D eigenvalue weighted by molar-refractivity contribution is 5.97. The van der Waals surface area contributed by atoms with Gasteiger partial charge in [-0.1, -0.05) is 31.5 Å². The van der Waals surface area contributed by atoms with Crippen LogP contribution in [0, 0.1) is 24.1 Å². The first kappa shape index (κ1) is 24.4. The lowest BCUT2D eigenvalue weighted by molar-refractivity contribution is -0.122. The van der Waals surface area contributed by atoms with Crippen molar-refractivity contribution in [3.05, 3.63) is 77.1 Å². The van der Waals surface area contributed by atoms with Crippen molar-refractivity contribution in [2.24, 2.45) is 0 Å². The maximum atomic E-state index is 14.3. The summed E-state index contributed by atoms with van der Waals surface area (Å²) >= 11 is 0. The van der Waals surface area contributed by atoms with Crippen LogP contribution in [0.4, 0.5) is 10.1 Å².